The summed E-state index contributed by atoms with van der Waals surface area (Å²) < 4.78 is 1.63. The molecule has 34 heavy (non-hydrogen) atoms. The number of aryl methyl sites for hydroxylation is 3. The molecule has 5 rings (SSSR count). The van der Waals surface area contributed by atoms with Crippen LogP contribution in [-0.2, 0) is 37.1 Å². The fourth-order valence-corrected chi connectivity index (χ4v) is 6.46. The van der Waals surface area contributed by atoms with Gasteiger partial charge in [0.25, 0.3) is 5.56 Å². The molecule has 0 bridgehead atoms. The number of hydrogen-bond donors (Lipinski definition) is 1. The molecule has 0 radical (unpaired) electrons. The van der Waals surface area contributed by atoms with Gasteiger partial charge in [-0.25, -0.2) is 4.98 Å². The number of anilines is 1. The van der Waals surface area contributed by atoms with Gasteiger partial charge in [0.2, 0.25) is 5.91 Å². The molecule has 180 valence electrons. The zero-order valence-electron chi connectivity index (χ0n) is 20.1. The summed E-state index contributed by atoms with van der Waals surface area (Å²) in [4.78, 5) is 36.2. The predicted octanol–water partition coefficient (Wildman–Crippen LogP) is 4.91. The van der Waals surface area contributed by atoms with Gasteiger partial charge in [-0.15, -0.1) is 11.3 Å². The van der Waals surface area contributed by atoms with Crippen molar-refractivity contribution in [2.24, 2.45) is 0 Å². The Morgan fingerprint density at radius 3 is 2.62 bits per heavy atom. The van der Waals surface area contributed by atoms with Crippen LogP contribution in [-0.4, -0.2) is 33.4 Å². The number of carbonyl (C=O) groups is 1. The zero-order valence-corrected chi connectivity index (χ0v) is 20.9. The molecule has 1 aliphatic heterocycles. The number of carbonyl (C=O) groups excluding carboxylic acids is 1. The molecule has 0 unspecified atom stereocenters. The number of hydrogen-bond acceptors (Lipinski definition) is 5. The van der Waals surface area contributed by atoms with E-state index in [2.05, 4.69) is 29.3 Å². The Hall–Kier alpha value is -2.51. The van der Waals surface area contributed by atoms with E-state index in [0.29, 0.717) is 12.4 Å². The SMILES string of the molecule is CCCCc1ccc(NC(=O)Cn2c(CN3CCCC3)nc3sc4c(c3c2=O)CCCC4)cc1. The van der Waals surface area contributed by atoms with Crippen molar-refractivity contribution in [1.82, 2.24) is 14.5 Å². The third-order valence-corrected chi connectivity index (χ3v) is 8.26. The van der Waals surface area contributed by atoms with Gasteiger partial charge >= 0.3 is 0 Å². The molecule has 2 aromatic heterocycles. The summed E-state index contributed by atoms with van der Waals surface area (Å²) in [6, 6.07) is 8.05. The van der Waals surface area contributed by atoms with Gasteiger partial charge in [0.1, 0.15) is 17.2 Å². The highest BCUT2D eigenvalue weighted by atomic mass is 32.1. The number of amides is 1. The average Bonchev–Trinajstić information content (AvgIpc) is 3.48. The molecule has 2 aliphatic rings. The molecular formula is C27H34N4O2S. The topological polar surface area (TPSA) is 67.2 Å². The third-order valence-electron chi connectivity index (χ3n) is 7.08. The third kappa shape index (κ3) is 4.96. The standard InChI is InChI=1S/C27H34N4O2S/c1-2-3-8-19-11-13-20(14-12-19)28-24(32)18-31-23(17-30-15-6-7-16-30)29-26-25(27(31)33)21-9-4-5-10-22(21)34-26/h11-14H,2-10,15-18H2,1H3,(H,28,32). The van der Waals surface area contributed by atoms with Crippen molar-refractivity contribution >= 4 is 33.1 Å². The van der Waals surface area contributed by atoms with Crippen LogP contribution >= 0.6 is 11.3 Å². The van der Waals surface area contributed by atoms with Crippen LogP contribution in [0.2, 0.25) is 0 Å². The van der Waals surface area contributed by atoms with Crippen LogP contribution in [0.1, 0.15) is 67.3 Å². The summed E-state index contributed by atoms with van der Waals surface area (Å²) in [5.41, 5.74) is 3.17. The highest BCUT2D eigenvalue weighted by molar-refractivity contribution is 7.18. The van der Waals surface area contributed by atoms with Crippen molar-refractivity contribution in [3.05, 3.63) is 56.4 Å². The van der Waals surface area contributed by atoms with Gasteiger partial charge in [-0.2, -0.15) is 0 Å². The first-order valence-electron chi connectivity index (χ1n) is 12.8. The number of rotatable bonds is 8. The second kappa shape index (κ2) is 10.4. The minimum absolute atomic E-state index is 0.00679. The van der Waals surface area contributed by atoms with Gasteiger partial charge in [-0.1, -0.05) is 25.5 Å². The van der Waals surface area contributed by atoms with E-state index in [9.17, 15) is 9.59 Å². The van der Waals surface area contributed by atoms with Gasteiger partial charge in [0, 0.05) is 10.6 Å². The van der Waals surface area contributed by atoms with E-state index in [-0.39, 0.29) is 18.0 Å². The number of aromatic nitrogens is 2. The van der Waals surface area contributed by atoms with Crippen molar-refractivity contribution in [2.45, 2.75) is 77.8 Å². The Labute approximate surface area is 205 Å². The lowest BCUT2D eigenvalue weighted by Gasteiger charge is -2.18. The van der Waals surface area contributed by atoms with Gasteiger partial charge in [0.15, 0.2) is 0 Å². The van der Waals surface area contributed by atoms with E-state index < -0.39 is 0 Å². The minimum Gasteiger partial charge on any atom is -0.325 e. The van der Waals surface area contributed by atoms with Crippen molar-refractivity contribution in [1.29, 1.82) is 0 Å². The molecule has 6 nitrogen and oxygen atoms in total. The lowest BCUT2D eigenvalue weighted by Crippen LogP contribution is -2.33. The monoisotopic (exact) mass is 478 g/mol. The lowest BCUT2D eigenvalue weighted by molar-refractivity contribution is -0.116. The van der Waals surface area contributed by atoms with Gasteiger partial charge in [-0.05, 0) is 87.7 Å². The molecule has 1 fully saturated rings. The Morgan fingerprint density at radius 2 is 1.85 bits per heavy atom. The number of likely N-dealkylation sites (tertiary alicyclic amines) is 1. The van der Waals surface area contributed by atoms with Crippen LogP contribution in [0, 0.1) is 0 Å². The number of nitrogens with zero attached hydrogens (tertiary/aromatic N) is 3. The molecule has 7 heteroatoms. The van der Waals surface area contributed by atoms with Crippen molar-refractivity contribution < 1.29 is 4.79 Å². The maximum atomic E-state index is 13.7. The number of fused-ring (bicyclic) bond motifs is 3. The molecule has 0 atom stereocenters. The summed E-state index contributed by atoms with van der Waals surface area (Å²) in [5, 5.41) is 3.74. The van der Waals surface area contributed by atoms with E-state index in [1.807, 2.05) is 12.1 Å². The first-order chi connectivity index (χ1) is 16.6. The van der Waals surface area contributed by atoms with Crippen LogP contribution in [0.4, 0.5) is 5.69 Å². The van der Waals surface area contributed by atoms with E-state index >= 15 is 0 Å². The molecule has 3 aromatic rings. The summed E-state index contributed by atoms with van der Waals surface area (Å²) >= 11 is 1.68. The Bertz CT molecular complexity index is 1220. The van der Waals surface area contributed by atoms with Gasteiger partial charge < -0.3 is 5.32 Å². The number of unbranched alkanes of at least 4 members (excludes halogenated alkanes) is 1. The van der Waals surface area contributed by atoms with Crippen LogP contribution in [0.5, 0.6) is 0 Å². The lowest BCUT2D eigenvalue weighted by atomic mass is 9.97. The van der Waals surface area contributed by atoms with Gasteiger partial charge in [0.05, 0.1) is 11.9 Å². The zero-order chi connectivity index (χ0) is 23.5. The minimum atomic E-state index is -0.184. The normalized spacial score (nSPS) is 16.1. The first kappa shape index (κ1) is 23.2. The average molecular weight is 479 g/mol. The summed E-state index contributed by atoms with van der Waals surface area (Å²) in [7, 11) is 0. The van der Waals surface area contributed by atoms with E-state index in [0.717, 1.165) is 61.1 Å². The quantitative estimate of drug-likeness (QED) is 0.499. The highest BCUT2D eigenvalue weighted by Crippen LogP contribution is 2.34. The van der Waals surface area contributed by atoms with E-state index in [1.54, 1.807) is 15.9 Å². The Kier molecular flexibility index (Phi) is 7.11. The maximum Gasteiger partial charge on any atom is 0.263 e. The fourth-order valence-electron chi connectivity index (χ4n) is 5.18. The van der Waals surface area contributed by atoms with Crippen LogP contribution in [0.25, 0.3) is 10.2 Å². The molecule has 1 N–H and O–H groups in total. The predicted molar refractivity (Wildman–Crippen MR) is 139 cm³/mol. The first-order valence-corrected chi connectivity index (χ1v) is 13.6. The highest BCUT2D eigenvalue weighted by Gasteiger charge is 2.24. The second-order valence-corrected chi connectivity index (χ2v) is 10.7. The van der Waals surface area contributed by atoms with E-state index in [4.69, 9.17) is 4.98 Å². The molecule has 3 heterocycles. The Morgan fingerprint density at radius 1 is 1.09 bits per heavy atom. The largest absolute Gasteiger partial charge is 0.325 e. The summed E-state index contributed by atoms with van der Waals surface area (Å²) in [6.45, 7) is 4.84. The number of benzene rings is 1. The molecule has 0 saturated carbocycles. The van der Waals surface area contributed by atoms with E-state index in [1.165, 1.54) is 41.7 Å². The molecule has 1 saturated heterocycles. The van der Waals surface area contributed by atoms with Crippen LogP contribution in [0.15, 0.2) is 29.1 Å². The van der Waals surface area contributed by atoms with Gasteiger partial charge in [-0.3, -0.25) is 19.1 Å². The molecule has 0 spiro atoms. The Balaban J connectivity index is 1.42. The van der Waals surface area contributed by atoms with Crippen molar-refractivity contribution in [2.75, 3.05) is 18.4 Å². The van der Waals surface area contributed by atoms with Crippen LogP contribution in [0.3, 0.4) is 0 Å². The number of nitrogens with one attached hydrogen (secondary N) is 1. The van der Waals surface area contributed by atoms with Crippen molar-refractivity contribution in [3.8, 4) is 0 Å². The van der Waals surface area contributed by atoms with Crippen molar-refractivity contribution in [3.63, 3.8) is 0 Å². The fraction of sp³-hybridized carbons (Fsp3) is 0.519. The molecular weight excluding hydrogens is 444 g/mol. The summed E-state index contributed by atoms with van der Waals surface area (Å²) in [6.07, 6.45) is 9.99. The number of thiophene rings is 1. The maximum absolute atomic E-state index is 13.7. The second-order valence-electron chi connectivity index (χ2n) is 9.64. The molecule has 1 aliphatic carbocycles. The van der Waals surface area contributed by atoms with Crippen LogP contribution < -0.4 is 10.9 Å². The molecule has 1 amide bonds. The molecule has 1 aromatic carbocycles. The smallest absolute Gasteiger partial charge is 0.263 e. The summed E-state index contributed by atoms with van der Waals surface area (Å²) in [5.74, 6) is 0.527.